The maximum Gasteiger partial charge on any atom is 0.143 e. The molecule has 0 saturated carbocycles. The Kier molecular flexibility index (Phi) is 7.39. The third-order valence-electron chi connectivity index (χ3n) is 10.9. The van der Waals surface area contributed by atoms with Crippen molar-refractivity contribution in [3.63, 3.8) is 0 Å². The van der Waals surface area contributed by atoms with E-state index in [-0.39, 0.29) is 0 Å². The Hall–Kier alpha value is -6.94. The van der Waals surface area contributed by atoms with Crippen molar-refractivity contribution in [2.45, 2.75) is 0 Å². The Morgan fingerprint density at radius 3 is 1.87 bits per heavy atom. The zero-order valence-corrected chi connectivity index (χ0v) is 30.6. The molecule has 11 aromatic rings. The van der Waals surface area contributed by atoms with Crippen LogP contribution in [0, 0.1) is 0 Å². The second-order valence-electron chi connectivity index (χ2n) is 14.1. The van der Waals surface area contributed by atoms with Crippen molar-refractivity contribution >= 4 is 81.3 Å². The molecule has 2 nitrogen and oxygen atoms in total. The Bertz CT molecular complexity index is 3210. The van der Waals surface area contributed by atoms with Crippen LogP contribution in [0.15, 0.2) is 205 Å². The van der Waals surface area contributed by atoms with E-state index in [0.717, 1.165) is 55.5 Å². The summed E-state index contributed by atoms with van der Waals surface area (Å²) in [5.41, 5.74) is 12.2. The van der Waals surface area contributed by atoms with Crippen LogP contribution in [0.4, 0.5) is 17.1 Å². The van der Waals surface area contributed by atoms with Gasteiger partial charge in [-0.15, -0.1) is 11.3 Å². The fraction of sp³-hybridized carbons (Fsp3) is 0. The van der Waals surface area contributed by atoms with Gasteiger partial charge in [0, 0.05) is 53.4 Å². The quantitative estimate of drug-likeness (QED) is 0.170. The molecule has 0 spiro atoms. The predicted octanol–water partition coefficient (Wildman–Crippen LogP) is 15.6. The highest BCUT2D eigenvalue weighted by Crippen LogP contribution is 2.44. The molecule has 0 fully saturated rings. The van der Waals surface area contributed by atoms with E-state index >= 15 is 0 Å². The van der Waals surface area contributed by atoms with E-state index in [2.05, 4.69) is 205 Å². The number of nitrogens with zero attached hydrogens (tertiary/aromatic N) is 1. The van der Waals surface area contributed by atoms with Crippen molar-refractivity contribution in [1.29, 1.82) is 0 Å². The van der Waals surface area contributed by atoms with Gasteiger partial charge in [-0.1, -0.05) is 140 Å². The topological polar surface area (TPSA) is 16.4 Å². The average molecular weight is 720 g/mol. The molecule has 0 aliphatic heterocycles. The summed E-state index contributed by atoms with van der Waals surface area (Å²) in [6, 6.07) is 72.2. The first kappa shape index (κ1) is 31.6. The predicted molar refractivity (Wildman–Crippen MR) is 235 cm³/mol. The van der Waals surface area contributed by atoms with Crippen LogP contribution < -0.4 is 4.90 Å². The molecule has 0 aliphatic carbocycles. The molecule has 0 amide bonds. The van der Waals surface area contributed by atoms with Gasteiger partial charge in [0.15, 0.2) is 0 Å². The normalized spacial score (nSPS) is 11.6. The molecule has 0 bridgehead atoms. The molecule has 3 heteroatoms. The first-order chi connectivity index (χ1) is 27.2. The maximum absolute atomic E-state index is 6.58. The fourth-order valence-corrected chi connectivity index (χ4v) is 9.36. The number of benzene rings is 9. The van der Waals surface area contributed by atoms with Gasteiger partial charge < -0.3 is 9.32 Å². The molecule has 0 atom stereocenters. The number of hydrogen-bond donors (Lipinski definition) is 0. The third-order valence-corrected chi connectivity index (χ3v) is 12.0. The van der Waals surface area contributed by atoms with Crippen molar-refractivity contribution in [3.05, 3.63) is 200 Å². The van der Waals surface area contributed by atoms with Crippen LogP contribution in [0.2, 0.25) is 0 Å². The van der Waals surface area contributed by atoms with E-state index in [0.29, 0.717) is 0 Å². The van der Waals surface area contributed by atoms with E-state index < -0.39 is 0 Å². The summed E-state index contributed by atoms with van der Waals surface area (Å²) in [6.45, 7) is 0. The summed E-state index contributed by atoms with van der Waals surface area (Å²) >= 11 is 1.85. The smallest absolute Gasteiger partial charge is 0.143 e. The lowest BCUT2D eigenvalue weighted by atomic mass is 9.97. The first-order valence-electron chi connectivity index (χ1n) is 18.7. The molecule has 2 aromatic heterocycles. The average Bonchev–Trinajstić information content (AvgIpc) is 3.83. The number of furan rings is 1. The lowest BCUT2D eigenvalue weighted by Crippen LogP contribution is -2.10. The van der Waals surface area contributed by atoms with E-state index in [9.17, 15) is 0 Å². The third kappa shape index (κ3) is 5.40. The fourth-order valence-electron chi connectivity index (χ4n) is 8.22. The minimum Gasteiger partial charge on any atom is -0.455 e. The van der Waals surface area contributed by atoms with Gasteiger partial charge in [0.25, 0.3) is 0 Å². The van der Waals surface area contributed by atoms with Crippen molar-refractivity contribution in [2.75, 3.05) is 4.90 Å². The summed E-state index contributed by atoms with van der Waals surface area (Å²) in [6.07, 6.45) is 0. The molecule has 55 heavy (non-hydrogen) atoms. The summed E-state index contributed by atoms with van der Waals surface area (Å²) < 4.78 is 9.16. The number of thiophene rings is 1. The number of hydrogen-bond acceptors (Lipinski definition) is 3. The highest BCUT2D eigenvalue weighted by atomic mass is 32.1. The van der Waals surface area contributed by atoms with Gasteiger partial charge in [0.2, 0.25) is 0 Å². The lowest BCUT2D eigenvalue weighted by Gasteiger charge is -2.26. The summed E-state index contributed by atoms with van der Waals surface area (Å²) in [4.78, 5) is 2.39. The number of rotatable bonds is 6. The van der Waals surface area contributed by atoms with E-state index in [1.54, 1.807) is 0 Å². The summed E-state index contributed by atoms with van der Waals surface area (Å²) in [7, 11) is 0. The molecular formula is C52H33NOS. The van der Waals surface area contributed by atoms with Crippen LogP contribution >= 0.6 is 11.3 Å². The van der Waals surface area contributed by atoms with Crippen molar-refractivity contribution in [2.24, 2.45) is 0 Å². The van der Waals surface area contributed by atoms with Crippen LogP contribution in [0.1, 0.15) is 0 Å². The van der Waals surface area contributed by atoms with Crippen LogP contribution in [0.3, 0.4) is 0 Å². The largest absolute Gasteiger partial charge is 0.455 e. The summed E-state index contributed by atoms with van der Waals surface area (Å²) in [5, 5.41) is 7.18. The summed E-state index contributed by atoms with van der Waals surface area (Å²) in [5.74, 6) is 0. The van der Waals surface area contributed by atoms with Gasteiger partial charge in [-0.05, 0) is 99.4 Å². The van der Waals surface area contributed by atoms with Crippen LogP contribution in [-0.4, -0.2) is 0 Å². The maximum atomic E-state index is 6.58. The van der Waals surface area contributed by atoms with Crippen molar-refractivity contribution in [1.82, 2.24) is 0 Å². The first-order valence-corrected chi connectivity index (χ1v) is 19.5. The van der Waals surface area contributed by atoms with Crippen molar-refractivity contribution in [3.8, 4) is 33.4 Å². The second-order valence-corrected chi connectivity index (χ2v) is 15.2. The Morgan fingerprint density at radius 1 is 0.364 bits per heavy atom. The Labute approximate surface area is 322 Å². The second kappa shape index (κ2) is 12.9. The van der Waals surface area contributed by atoms with Gasteiger partial charge >= 0.3 is 0 Å². The van der Waals surface area contributed by atoms with E-state index in [1.165, 1.54) is 47.8 Å². The highest BCUT2D eigenvalue weighted by molar-refractivity contribution is 7.25. The Balaban J connectivity index is 1.05. The van der Waals surface area contributed by atoms with Gasteiger partial charge in [0.05, 0.1) is 0 Å². The SMILES string of the molecule is c1ccc(-c2cccc(-c3ccc(N(c4cccc(-c5cccc6oc7c8ccccc8ccc7c56)c4)c4ccc5c(c4)sc4ccccc45)cc3)c2)cc1. The van der Waals surface area contributed by atoms with E-state index in [1.807, 2.05) is 11.3 Å². The molecule has 9 aromatic carbocycles. The van der Waals surface area contributed by atoms with E-state index in [4.69, 9.17) is 4.42 Å². The minimum atomic E-state index is 0.897. The molecule has 0 aliphatic rings. The highest BCUT2D eigenvalue weighted by Gasteiger charge is 2.19. The van der Waals surface area contributed by atoms with Gasteiger partial charge in [-0.25, -0.2) is 0 Å². The monoisotopic (exact) mass is 719 g/mol. The molecular weight excluding hydrogens is 687 g/mol. The van der Waals surface area contributed by atoms with Crippen molar-refractivity contribution < 1.29 is 4.42 Å². The van der Waals surface area contributed by atoms with Crippen LogP contribution in [0.25, 0.3) is 86.3 Å². The zero-order chi connectivity index (χ0) is 36.3. The Morgan fingerprint density at radius 2 is 1.00 bits per heavy atom. The number of fused-ring (bicyclic) bond motifs is 8. The lowest BCUT2D eigenvalue weighted by molar-refractivity contribution is 0.673. The standard InChI is InChI=1S/C52H33NOS/c1-2-11-34(12-3-1)37-14-8-15-38(31-37)35-23-26-40(27-24-35)53(42-28-30-46-45-19-6-7-22-49(45)55-50(46)33-42)41-17-9-16-39(32-41)43-20-10-21-48-51(43)47-29-25-36-13-4-5-18-44(36)52(47)54-48/h1-33H. The molecule has 11 rings (SSSR count). The molecule has 258 valence electrons. The van der Waals surface area contributed by atoms with Crippen LogP contribution in [-0.2, 0) is 0 Å². The van der Waals surface area contributed by atoms with Gasteiger partial charge in [-0.2, -0.15) is 0 Å². The molecule has 0 saturated heterocycles. The molecule has 0 radical (unpaired) electrons. The minimum absolute atomic E-state index is 0.897. The van der Waals surface area contributed by atoms with Crippen LogP contribution in [0.5, 0.6) is 0 Å². The zero-order valence-electron chi connectivity index (χ0n) is 29.8. The molecule has 0 N–H and O–H groups in total. The number of anilines is 3. The van der Waals surface area contributed by atoms with Gasteiger partial charge in [0.1, 0.15) is 11.2 Å². The molecule has 0 unspecified atom stereocenters. The van der Waals surface area contributed by atoms with Gasteiger partial charge in [-0.3, -0.25) is 0 Å². The molecule has 2 heterocycles.